The zero-order chi connectivity index (χ0) is 12.1. The van der Waals surface area contributed by atoms with Gasteiger partial charge in [0, 0.05) is 31.1 Å². The van der Waals surface area contributed by atoms with Crippen LogP contribution in [0, 0.1) is 15.5 Å². The van der Waals surface area contributed by atoms with Gasteiger partial charge in [-0.3, -0.25) is 10.1 Å². The number of rotatable bonds is 4. The molecule has 0 unspecified atom stereocenters. The van der Waals surface area contributed by atoms with E-state index in [1.807, 2.05) is 0 Å². The van der Waals surface area contributed by atoms with Gasteiger partial charge in [0.2, 0.25) is 0 Å². The lowest BCUT2D eigenvalue weighted by atomic mass is 10.1. The molecule has 1 rings (SSSR count). The van der Waals surface area contributed by atoms with Crippen LogP contribution in [-0.2, 0) is 0 Å². The van der Waals surface area contributed by atoms with E-state index in [1.54, 1.807) is 13.2 Å². The van der Waals surface area contributed by atoms with Crippen molar-refractivity contribution in [1.29, 1.82) is 5.41 Å². The fourth-order valence-corrected chi connectivity index (χ4v) is 1.21. The molecule has 16 heavy (non-hydrogen) atoms. The van der Waals surface area contributed by atoms with Crippen LogP contribution in [0.4, 0.5) is 5.69 Å². The number of allylic oxidation sites excluding steroid dienone is 1. The Kier molecular flexibility index (Phi) is 3.60. The zero-order valence-corrected chi connectivity index (χ0v) is 8.60. The van der Waals surface area contributed by atoms with Crippen LogP contribution >= 0.6 is 0 Å². The Morgan fingerprint density at radius 3 is 2.81 bits per heavy atom. The molecular formula is C10H11N3O3. The van der Waals surface area contributed by atoms with Gasteiger partial charge in [-0.2, -0.15) is 0 Å². The molecule has 0 aromatic heterocycles. The molecule has 1 aromatic rings. The predicted molar refractivity (Wildman–Crippen MR) is 60.6 cm³/mol. The topological polar surface area (TPSA) is 99.2 Å². The molecule has 0 aliphatic rings. The van der Waals surface area contributed by atoms with E-state index >= 15 is 0 Å². The normalized spacial score (nSPS) is 10.9. The van der Waals surface area contributed by atoms with Crippen molar-refractivity contribution < 1.29 is 10.0 Å². The number of nitro benzene ring substituents is 1. The lowest BCUT2D eigenvalue weighted by Crippen LogP contribution is -1.98. The van der Waals surface area contributed by atoms with Gasteiger partial charge >= 0.3 is 5.69 Å². The van der Waals surface area contributed by atoms with Crippen molar-refractivity contribution in [2.24, 2.45) is 0 Å². The molecule has 0 fully saturated rings. The van der Waals surface area contributed by atoms with Crippen LogP contribution in [0.3, 0.4) is 0 Å². The second-order valence-corrected chi connectivity index (χ2v) is 2.99. The number of benzene rings is 1. The average molecular weight is 221 g/mol. The van der Waals surface area contributed by atoms with Crippen molar-refractivity contribution >= 4 is 17.5 Å². The Bertz CT molecular complexity index is 455. The van der Waals surface area contributed by atoms with E-state index < -0.39 is 4.92 Å². The van der Waals surface area contributed by atoms with Crippen LogP contribution in [0.5, 0.6) is 5.75 Å². The van der Waals surface area contributed by atoms with E-state index in [1.165, 1.54) is 18.2 Å². The van der Waals surface area contributed by atoms with Gasteiger partial charge in [-0.25, -0.2) is 0 Å². The number of phenols is 1. The maximum absolute atomic E-state index is 10.6. The molecule has 84 valence electrons. The molecule has 1 aromatic carbocycles. The van der Waals surface area contributed by atoms with Gasteiger partial charge in [0.1, 0.15) is 0 Å². The molecule has 0 aliphatic carbocycles. The number of hydrogen-bond acceptors (Lipinski definition) is 5. The first-order valence-corrected chi connectivity index (χ1v) is 4.46. The van der Waals surface area contributed by atoms with Crippen molar-refractivity contribution in [2.45, 2.75) is 0 Å². The van der Waals surface area contributed by atoms with Gasteiger partial charge in [0.05, 0.1) is 4.92 Å². The molecule has 6 nitrogen and oxygen atoms in total. The first-order valence-electron chi connectivity index (χ1n) is 4.46. The maximum atomic E-state index is 10.6. The summed E-state index contributed by atoms with van der Waals surface area (Å²) < 4.78 is 0. The van der Waals surface area contributed by atoms with Gasteiger partial charge in [0.15, 0.2) is 5.75 Å². The zero-order valence-electron chi connectivity index (χ0n) is 8.60. The van der Waals surface area contributed by atoms with Crippen molar-refractivity contribution in [3.8, 4) is 5.75 Å². The lowest BCUT2D eigenvalue weighted by Gasteiger charge is -2.02. The predicted octanol–water partition coefficient (Wildman–Crippen LogP) is 1.51. The Balaban J connectivity index is 3.26. The molecule has 0 saturated carbocycles. The molecule has 6 heteroatoms. The first-order chi connectivity index (χ1) is 7.60. The van der Waals surface area contributed by atoms with E-state index in [0.29, 0.717) is 11.1 Å². The number of aromatic hydroxyl groups is 1. The number of nitrogens with one attached hydrogen (secondary N) is 2. The van der Waals surface area contributed by atoms with Crippen LogP contribution in [0.15, 0.2) is 24.4 Å². The third-order valence-electron chi connectivity index (χ3n) is 1.96. The van der Waals surface area contributed by atoms with Crippen LogP contribution in [0.25, 0.3) is 5.57 Å². The largest absolute Gasteiger partial charge is 0.502 e. The monoisotopic (exact) mass is 221 g/mol. The summed E-state index contributed by atoms with van der Waals surface area (Å²) in [6.07, 6.45) is 2.62. The van der Waals surface area contributed by atoms with E-state index in [2.05, 4.69) is 5.32 Å². The van der Waals surface area contributed by atoms with E-state index in [9.17, 15) is 15.2 Å². The highest BCUT2D eigenvalue weighted by Gasteiger charge is 2.14. The highest BCUT2D eigenvalue weighted by Crippen LogP contribution is 2.28. The third kappa shape index (κ3) is 2.35. The van der Waals surface area contributed by atoms with Gasteiger partial charge in [-0.05, 0) is 11.6 Å². The minimum absolute atomic E-state index is 0.374. The summed E-state index contributed by atoms with van der Waals surface area (Å²) in [6, 6.07) is 3.97. The van der Waals surface area contributed by atoms with Gasteiger partial charge in [-0.1, -0.05) is 6.07 Å². The molecule has 3 N–H and O–H groups in total. The van der Waals surface area contributed by atoms with Gasteiger partial charge in [-0.15, -0.1) is 0 Å². The summed E-state index contributed by atoms with van der Waals surface area (Å²) in [5, 5.41) is 29.8. The average Bonchev–Trinajstić information content (AvgIpc) is 2.26. The number of hydrogen-bond donors (Lipinski definition) is 3. The van der Waals surface area contributed by atoms with Crippen molar-refractivity contribution in [1.82, 2.24) is 5.32 Å². The van der Waals surface area contributed by atoms with Crippen LogP contribution in [0.2, 0.25) is 0 Å². The molecule has 0 spiro atoms. The van der Waals surface area contributed by atoms with Crippen LogP contribution in [0.1, 0.15) is 5.56 Å². The third-order valence-corrected chi connectivity index (χ3v) is 1.96. The van der Waals surface area contributed by atoms with E-state index in [0.717, 1.165) is 6.21 Å². The fraction of sp³-hybridized carbons (Fsp3) is 0.100. The van der Waals surface area contributed by atoms with Crippen molar-refractivity contribution in [3.63, 3.8) is 0 Å². The second kappa shape index (κ2) is 4.92. The van der Waals surface area contributed by atoms with E-state index in [4.69, 9.17) is 5.41 Å². The highest BCUT2D eigenvalue weighted by atomic mass is 16.6. The Morgan fingerprint density at radius 2 is 2.31 bits per heavy atom. The lowest BCUT2D eigenvalue weighted by molar-refractivity contribution is -0.385. The quantitative estimate of drug-likeness (QED) is 0.407. The molecule has 0 amide bonds. The maximum Gasteiger partial charge on any atom is 0.311 e. The molecular weight excluding hydrogens is 210 g/mol. The Hall–Kier alpha value is -2.37. The first kappa shape index (κ1) is 11.7. The molecule has 0 aliphatic heterocycles. The molecule has 0 radical (unpaired) electrons. The fourth-order valence-electron chi connectivity index (χ4n) is 1.21. The number of nitro groups is 1. The standard InChI is InChI=1S/C10H11N3O3/c1-12-6-8(5-11)7-2-3-10(14)9(4-7)13(15)16/h2-6,11-12,14H,1H3/b8-6+,11-5?. The van der Waals surface area contributed by atoms with Crippen LogP contribution < -0.4 is 5.32 Å². The molecule has 0 saturated heterocycles. The van der Waals surface area contributed by atoms with E-state index in [-0.39, 0.29) is 11.4 Å². The second-order valence-electron chi connectivity index (χ2n) is 2.99. The summed E-state index contributed by atoms with van der Waals surface area (Å²) in [6.45, 7) is 0. The van der Waals surface area contributed by atoms with Crippen molar-refractivity contribution in [3.05, 3.63) is 40.1 Å². The summed E-state index contributed by atoms with van der Waals surface area (Å²) in [4.78, 5) is 9.93. The summed E-state index contributed by atoms with van der Waals surface area (Å²) >= 11 is 0. The molecule has 0 atom stereocenters. The van der Waals surface area contributed by atoms with Crippen LogP contribution in [-0.4, -0.2) is 23.3 Å². The summed E-state index contributed by atoms with van der Waals surface area (Å²) in [5.41, 5.74) is 0.612. The van der Waals surface area contributed by atoms with Gasteiger partial charge < -0.3 is 15.8 Å². The minimum Gasteiger partial charge on any atom is -0.502 e. The summed E-state index contributed by atoms with van der Waals surface area (Å²) in [5.74, 6) is -0.387. The minimum atomic E-state index is -0.667. The SMILES string of the molecule is CN/C=C(\C=N)c1ccc(O)c([N+](=O)[O-])c1. The molecule has 0 heterocycles. The number of phenolic OH excluding ortho intramolecular Hbond substituents is 1. The molecule has 0 bridgehead atoms. The number of nitrogens with zero attached hydrogens (tertiary/aromatic N) is 1. The Labute approximate surface area is 91.9 Å². The smallest absolute Gasteiger partial charge is 0.311 e. The highest BCUT2D eigenvalue weighted by molar-refractivity contribution is 6.08. The van der Waals surface area contributed by atoms with Crippen molar-refractivity contribution in [2.75, 3.05) is 7.05 Å². The summed E-state index contributed by atoms with van der Waals surface area (Å²) in [7, 11) is 1.67. The Morgan fingerprint density at radius 1 is 1.62 bits per heavy atom. The van der Waals surface area contributed by atoms with Gasteiger partial charge in [0.25, 0.3) is 0 Å².